The summed E-state index contributed by atoms with van der Waals surface area (Å²) in [5, 5.41) is 3.68. The van der Waals surface area contributed by atoms with Crippen LogP contribution in [0.5, 0.6) is 5.75 Å². The second-order valence-electron chi connectivity index (χ2n) is 4.35. The standard InChI is InChI=1S/C15H16ClFN2O/c1-18-12(15-11(16)6-4-8-19-15)9-10-5-3-7-13(20-2)14(10)17/h3-8,12,18H,9H2,1-2H3. The molecule has 0 spiro atoms. The predicted molar refractivity (Wildman–Crippen MR) is 77.7 cm³/mol. The van der Waals surface area contributed by atoms with E-state index in [0.29, 0.717) is 22.7 Å². The number of pyridine rings is 1. The van der Waals surface area contributed by atoms with Crippen molar-refractivity contribution in [3.63, 3.8) is 0 Å². The Labute approximate surface area is 122 Å². The molecule has 0 aliphatic heterocycles. The lowest BCUT2D eigenvalue weighted by molar-refractivity contribution is 0.382. The van der Waals surface area contributed by atoms with Gasteiger partial charge in [0.05, 0.1) is 23.9 Å². The maximum Gasteiger partial charge on any atom is 0.168 e. The normalized spacial score (nSPS) is 12.2. The minimum atomic E-state index is -0.345. The van der Waals surface area contributed by atoms with Crippen LogP contribution in [0, 0.1) is 5.82 Å². The van der Waals surface area contributed by atoms with Gasteiger partial charge in [-0.3, -0.25) is 4.98 Å². The Hall–Kier alpha value is -1.65. The fourth-order valence-corrected chi connectivity index (χ4v) is 2.33. The number of methoxy groups -OCH3 is 1. The van der Waals surface area contributed by atoms with E-state index in [4.69, 9.17) is 16.3 Å². The van der Waals surface area contributed by atoms with Crippen LogP contribution in [0.15, 0.2) is 36.5 Å². The molecule has 2 rings (SSSR count). The molecule has 1 aromatic heterocycles. The lowest BCUT2D eigenvalue weighted by Crippen LogP contribution is -2.21. The first kappa shape index (κ1) is 14.8. The van der Waals surface area contributed by atoms with Crippen LogP contribution in [0.3, 0.4) is 0 Å². The van der Waals surface area contributed by atoms with Crippen molar-refractivity contribution in [1.82, 2.24) is 10.3 Å². The van der Waals surface area contributed by atoms with E-state index in [1.165, 1.54) is 7.11 Å². The lowest BCUT2D eigenvalue weighted by atomic mass is 10.0. The molecule has 2 aromatic rings. The highest BCUT2D eigenvalue weighted by Gasteiger charge is 2.18. The van der Waals surface area contributed by atoms with Crippen LogP contribution in [0.2, 0.25) is 5.02 Å². The molecule has 20 heavy (non-hydrogen) atoms. The summed E-state index contributed by atoms with van der Waals surface area (Å²) in [4.78, 5) is 4.27. The molecular weight excluding hydrogens is 279 g/mol. The number of hydrogen-bond donors (Lipinski definition) is 1. The van der Waals surface area contributed by atoms with Gasteiger partial charge >= 0.3 is 0 Å². The molecule has 0 radical (unpaired) electrons. The summed E-state index contributed by atoms with van der Waals surface area (Å²) in [6.07, 6.45) is 2.11. The molecule has 0 saturated carbocycles. The van der Waals surface area contributed by atoms with Crippen LogP contribution in [0.1, 0.15) is 17.3 Å². The fraction of sp³-hybridized carbons (Fsp3) is 0.267. The number of rotatable bonds is 5. The van der Waals surface area contributed by atoms with E-state index in [-0.39, 0.29) is 17.6 Å². The molecule has 5 heteroatoms. The molecule has 3 nitrogen and oxygen atoms in total. The maximum atomic E-state index is 14.2. The van der Waals surface area contributed by atoms with Crippen molar-refractivity contribution in [2.75, 3.05) is 14.2 Å². The van der Waals surface area contributed by atoms with E-state index in [1.807, 2.05) is 0 Å². The van der Waals surface area contributed by atoms with Crippen LogP contribution < -0.4 is 10.1 Å². The molecule has 1 aromatic carbocycles. The molecule has 0 aliphatic rings. The third-order valence-corrected chi connectivity index (χ3v) is 3.47. The van der Waals surface area contributed by atoms with E-state index in [1.54, 1.807) is 43.6 Å². The van der Waals surface area contributed by atoms with Gasteiger partial charge in [0.2, 0.25) is 0 Å². The van der Waals surface area contributed by atoms with Gasteiger partial charge in [-0.05, 0) is 37.2 Å². The minimum Gasteiger partial charge on any atom is -0.494 e. The Kier molecular flexibility index (Phi) is 4.93. The zero-order valence-electron chi connectivity index (χ0n) is 11.4. The molecule has 106 valence electrons. The average molecular weight is 295 g/mol. The highest BCUT2D eigenvalue weighted by atomic mass is 35.5. The molecule has 0 amide bonds. The number of hydrogen-bond acceptors (Lipinski definition) is 3. The van der Waals surface area contributed by atoms with Crippen LogP contribution in [0.25, 0.3) is 0 Å². The molecule has 1 heterocycles. The Balaban J connectivity index is 2.30. The molecule has 1 unspecified atom stereocenters. The second kappa shape index (κ2) is 6.68. The van der Waals surface area contributed by atoms with E-state index in [9.17, 15) is 4.39 Å². The Morgan fingerprint density at radius 3 is 2.80 bits per heavy atom. The lowest BCUT2D eigenvalue weighted by Gasteiger charge is -2.17. The smallest absolute Gasteiger partial charge is 0.168 e. The topological polar surface area (TPSA) is 34.1 Å². The highest BCUT2D eigenvalue weighted by molar-refractivity contribution is 6.31. The third kappa shape index (κ3) is 3.08. The first-order chi connectivity index (χ1) is 9.67. The Morgan fingerprint density at radius 2 is 2.15 bits per heavy atom. The second-order valence-corrected chi connectivity index (χ2v) is 4.76. The van der Waals surface area contributed by atoms with Gasteiger partial charge in [0.25, 0.3) is 0 Å². The van der Waals surface area contributed by atoms with Gasteiger partial charge in [-0.2, -0.15) is 0 Å². The Morgan fingerprint density at radius 1 is 1.35 bits per heavy atom. The van der Waals surface area contributed by atoms with Crippen molar-refractivity contribution in [3.8, 4) is 5.75 Å². The zero-order valence-corrected chi connectivity index (χ0v) is 12.1. The van der Waals surface area contributed by atoms with Crippen molar-refractivity contribution in [3.05, 3.63) is 58.6 Å². The largest absolute Gasteiger partial charge is 0.494 e. The quantitative estimate of drug-likeness (QED) is 0.918. The van der Waals surface area contributed by atoms with Crippen molar-refractivity contribution in [2.24, 2.45) is 0 Å². The molecule has 1 N–H and O–H groups in total. The monoisotopic (exact) mass is 294 g/mol. The van der Waals surface area contributed by atoms with Gasteiger partial charge in [-0.25, -0.2) is 4.39 Å². The van der Waals surface area contributed by atoms with E-state index >= 15 is 0 Å². The number of aromatic nitrogens is 1. The maximum absolute atomic E-state index is 14.2. The number of benzene rings is 1. The summed E-state index contributed by atoms with van der Waals surface area (Å²) in [5.74, 6) is -0.105. The number of likely N-dealkylation sites (N-methyl/N-ethyl adjacent to an activating group) is 1. The van der Waals surface area contributed by atoms with Gasteiger partial charge < -0.3 is 10.1 Å². The summed E-state index contributed by atoms with van der Waals surface area (Å²) in [7, 11) is 3.25. The van der Waals surface area contributed by atoms with Gasteiger partial charge in [0.1, 0.15) is 0 Å². The molecule has 0 fully saturated rings. The van der Waals surface area contributed by atoms with Gasteiger partial charge in [-0.15, -0.1) is 0 Å². The number of nitrogens with zero attached hydrogens (tertiary/aromatic N) is 1. The van der Waals surface area contributed by atoms with E-state index in [2.05, 4.69) is 10.3 Å². The average Bonchev–Trinajstić information content (AvgIpc) is 2.47. The van der Waals surface area contributed by atoms with Gasteiger partial charge in [0.15, 0.2) is 11.6 Å². The van der Waals surface area contributed by atoms with Crippen LogP contribution in [-0.4, -0.2) is 19.1 Å². The number of nitrogens with one attached hydrogen (secondary N) is 1. The minimum absolute atomic E-state index is 0.162. The van der Waals surface area contributed by atoms with Gasteiger partial charge in [0, 0.05) is 6.20 Å². The first-order valence-electron chi connectivity index (χ1n) is 6.26. The van der Waals surface area contributed by atoms with Crippen molar-refractivity contribution >= 4 is 11.6 Å². The molecule has 0 aliphatic carbocycles. The van der Waals surface area contributed by atoms with Crippen LogP contribution >= 0.6 is 11.6 Å². The summed E-state index contributed by atoms with van der Waals surface area (Å²) in [5.41, 5.74) is 1.27. The fourth-order valence-electron chi connectivity index (χ4n) is 2.08. The molecule has 0 saturated heterocycles. The molecule has 0 bridgehead atoms. The number of halogens is 2. The van der Waals surface area contributed by atoms with Crippen molar-refractivity contribution < 1.29 is 9.13 Å². The predicted octanol–water partition coefficient (Wildman–Crippen LogP) is 3.39. The van der Waals surface area contributed by atoms with Crippen molar-refractivity contribution in [2.45, 2.75) is 12.5 Å². The molecular formula is C15H16ClFN2O. The van der Waals surface area contributed by atoms with Crippen LogP contribution in [0.4, 0.5) is 4.39 Å². The zero-order chi connectivity index (χ0) is 14.5. The molecule has 1 atom stereocenters. The van der Waals surface area contributed by atoms with E-state index in [0.717, 1.165) is 0 Å². The summed E-state index contributed by atoms with van der Waals surface area (Å²) in [6.45, 7) is 0. The van der Waals surface area contributed by atoms with Crippen LogP contribution in [-0.2, 0) is 6.42 Å². The van der Waals surface area contributed by atoms with Crippen molar-refractivity contribution in [1.29, 1.82) is 0 Å². The Bertz CT molecular complexity index is 592. The first-order valence-corrected chi connectivity index (χ1v) is 6.64. The third-order valence-electron chi connectivity index (χ3n) is 3.15. The van der Waals surface area contributed by atoms with Gasteiger partial charge in [-0.1, -0.05) is 23.7 Å². The van der Waals surface area contributed by atoms with E-state index < -0.39 is 0 Å². The highest BCUT2D eigenvalue weighted by Crippen LogP contribution is 2.27. The number of ether oxygens (including phenoxy) is 1. The SMILES string of the molecule is CNC(Cc1cccc(OC)c1F)c1ncccc1Cl. The summed E-state index contributed by atoms with van der Waals surface area (Å²) < 4.78 is 19.2. The summed E-state index contributed by atoms with van der Waals surface area (Å²) in [6, 6.07) is 8.48. The summed E-state index contributed by atoms with van der Waals surface area (Å²) >= 11 is 6.14.